The lowest BCUT2D eigenvalue weighted by Crippen LogP contribution is -2.13. The van der Waals surface area contributed by atoms with Crippen molar-refractivity contribution in [1.82, 2.24) is 4.98 Å². The molecule has 0 spiro atoms. The zero-order chi connectivity index (χ0) is 14.0. The van der Waals surface area contributed by atoms with Gasteiger partial charge in [-0.1, -0.05) is 39.0 Å². The second kappa shape index (κ2) is 4.89. The highest BCUT2D eigenvalue weighted by atomic mass is 14.9. The van der Waals surface area contributed by atoms with Crippen molar-refractivity contribution in [3.8, 4) is 6.07 Å². The van der Waals surface area contributed by atoms with Gasteiger partial charge in [-0.15, -0.1) is 0 Å². The van der Waals surface area contributed by atoms with Gasteiger partial charge in [-0.25, -0.2) is 0 Å². The first-order valence-electron chi connectivity index (χ1n) is 6.55. The topological polar surface area (TPSA) is 48.7 Å². The number of hydrogen-bond acceptors (Lipinski definition) is 3. The number of pyridine rings is 1. The van der Waals surface area contributed by atoms with E-state index in [4.69, 9.17) is 0 Å². The quantitative estimate of drug-likeness (QED) is 0.884. The average molecular weight is 253 g/mol. The highest BCUT2D eigenvalue weighted by molar-refractivity contribution is 5.96. The van der Waals surface area contributed by atoms with E-state index < -0.39 is 0 Å². The van der Waals surface area contributed by atoms with Crippen molar-refractivity contribution >= 4 is 16.6 Å². The van der Waals surface area contributed by atoms with Crippen molar-refractivity contribution in [3.63, 3.8) is 0 Å². The number of aromatic nitrogens is 1. The van der Waals surface area contributed by atoms with Crippen LogP contribution < -0.4 is 5.32 Å². The van der Waals surface area contributed by atoms with Crippen molar-refractivity contribution in [1.29, 1.82) is 5.26 Å². The molecule has 2 rings (SSSR count). The molecular weight excluding hydrogens is 234 g/mol. The molecule has 2 aromatic rings. The van der Waals surface area contributed by atoms with E-state index in [1.54, 1.807) is 6.20 Å². The maximum absolute atomic E-state index is 9.20. The van der Waals surface area contributed by atoms with Gasteiger partial charge in [-0.2, -0.15) is 5.26 Å². The van der Waals surface area contributed by atoms with Crippen molar-refractivity contribution in [3.05, 3.63) is 35.5 Å². The van der Waals surface area contributed by atoms with Crippen molar-refractivity contribution < 1.29 is 0 Å². The SMILES string of the molecule is CCNc1c(C#N)cnc2c(C(C)(C)C)cccc12. The zero-order valence-electron chi connectivity index (χ0n) is 11.9. The standard InChI is InChI=1S/C16H19N3/c1-5-18-14-11(9-17)10-19-15-12(14)7-6-8-13(15)16(2,3)4/h6-8,10H,5H2,1-4H3,(H,18,19). The van der Waals surface area contributed by atoms with Crippen LogP contribution in [0.5, 0.6) is 0 Å². The van der Waals surface area contributed by atoms with Crippen LogP contribution in [0, 0.1) is 11.3 Å². The molecule has 0 radical (unpaired) electrons. The van der Waals surface area contributed by atoms with Gasteiger partial charge in [0.25, 0.3) is 0 Å². The normalized spacial score (nSPS) is 11.3. The lowest BCUT2D eigenvalue weighted by molar-refractivity contribution is 0.594. The van der Waals surface area contributed by atoms with E-state index in [9.17, 15) is 5.26 Å². The Kier molecular flexibility index (Phi) is 3.44. The molecule has 0 aliphatic heterocycles. The van der Waals surface area contributed by atoms with Crippen LogP contribution in [-0.4, -0.2) is 11.5 Å². The third-order valence-electron chi connectivity index (χ3n) is 3.18. The fraction of sp³-hybridized carbons (Fsp3) is 0.375. The molecular formula is C16H19N3. The van der Waals surface area contributed by atoms with E-state index in [2.05, 4.69) is 43.2 Å². The van der Waals surface area contributed by atoms with Crippen molar-refractivity contribution in [2.45, 2.75) is 33.1 Å². The summed E-state index contributed by atoms with van der Waals surface area (Å²) < 4.78 is 0. The summed E-state index contributed by atoms with van der Waals surface area (Å²) >= 11 is 0. The Hall–Kier alpha value is -2.08. The second-order valence-electron chi connectivity index (χ2n) is 5.64. The van der Waals surface area contributed by atoms with Gasteiger partial charge >= 0.3 is 0 Å². The van der Waals surface area contributed by atoms with E-state index in [1.807, 2.05) is 19.1 Å². The summed E-state index contributed by atoms with van der Waals surface area (Å²) in [6, 6.07) is 8.37. The molecule has 0 aliphatic rings. The number of nitrogens with one attached hydrogen (secondary N) is 1. The van der Waals surface area contributed by atoms with E-state index >= 15 is 0 Å². The number of para-hydroxylation sites is 1. The molecule has 1 N–H and O–H groups in total. The number of fused-ring (bicyclic) bond motifs is 1. The molecule has 0 amide bonds. The van der Waals surface area contributed by atoms with Gasteiger partial charge < -0.3 is 5.32 Å². The fourth-order valence-corrected chi connectivity index (χ4v) is 2.28. The Morgan fingerprint density at radius 2 is 2.05 bits per heavy atom. The minimum atomic E-state index is 0.0319. The number of anilines is 1. The first kappa shape index (κ1) is 13.4. The molecule has 0 saturated heterocycles. The van der Waals surface area contributed by atoms with Crippen LogP contribution in [0.15, 0.2) is 24.4 Å². The maximum atomic E-state index is 9.20. The number of nitrogens with zero attached hydrogens (tertiary/aromatic N) is 2. The minimum absolute atomic E-state index is 0.0319. The highest BCUT2D eigenvalue weighted by Gasteiger charge is 2.19. The van der Waals surface area contributed by atoms with Crippen molar-refractivity contribution in [2.24, 2.45) is 0 Å². The predicted octanol–water partition coefficient (Wildman–Crippen LogP) is 3.84. The van der Waals surface area contributed by atoms with Crippen LogP contribution in [0.25, 0.3) is 10.9 Å². The summed E-state index contributed by atoms with van der Waals surface area (Å²) in [5, 5.41) is 13.5. The van der Waals surface area contributed by atoms with Crippen LogP contribution >= 0.6 is 0 Å². The Labute approximate surface area is 114 Å². The Morgan fingerprint density at radius 3 is 2.63 bits per heavy atom. The van der Waals surface area contributed by atoms with Gasteiger partial charge in [0.2, 0.25) is 0 Å². The highest BCUT2D eigenvalue weighted by Crippen LogP contribution is 2.33. The van der Waals surface area contributed by atoms with E-state index in [0.29, 0.717) is 5.56 Å². The van der Waals surface area contributed by atoms with Gasteiger partial charge in [-0.3, -0.25) is 4.98 Å². The predicted molar refractivity (Wildman–Crippen MR) is 79.3 cm³/mol. The van der Waals surface area contributed by atoms with Gasteiger partial charge in [0, 0.05) is 18.1 Å². The summed E-state index contributed by atoms with van der Waals surface area (Å²) in [6.45, 7) is 9.34. The molecule has 0 atom stereocenters. The Balaban J connectivity index is 2.81. The molecule has 3 heteroatoms. The van der Waals surface area contributed by atoms with Crippen LogP contribution in [0.4, 0.5) is 5.69 Å². The zero-order valence-corrected chi connectivity index (χ0v) is 11.9. The summed E-state index contributed by atoms with van der Waals surface area (Å²) in [5.41, 5.74) is 3.70. The number of rotatable bonds is 2. The third-order valence-corrected chi connectivity index (χ3v) is 3.18. The van der Waals surface area contributed by atoms with Crippen molar-refractivity contribution in [2.75, 3.05) is 11.9 Å². The molecule has 1 aromatic heterocycles. The number of nitriles is 1. The second-order valence-corrected chi connectivity index (χ2v) is 5.64. The maximum Gasteiger partial charge on any atom is 0.103 e. The lowest BCUT2D eigenvalue weighted by Gasteiger charge is -2.21. The van der Waals surface area contributed by atoms with E-state index in [1.165, 1.54) is 5.56 Å². The monoisotopic (exact) mass is 253 g/mol. The molecule has 1 heterocycles. The first-order chi connectivity index (χ1) is 8.99. The number of benzene rings is 1. The van der Waals surface area contributed by atoms with E-state index in [-0.39, 0.29) is 5.41 Å². The summed E-state index contributed by atoms with van der Waals surface area (Å²) in [5.74, 6) is 0. The Morgan fingerprint density at radius 1 is 1.32 bits per heavy atom. The summed E-state index contributed by atoms with van der Waals surface area (Å²) in [7, 11) is 0. The molecule has 0 unspecified atom stereocenters. The molecule has 19 heavy (non-hydrogen) atoms. The lowest BCUT2D eigenvalue weighted by atomic mass is 9.85. The molecule has 3 nitrogen and oxygen atoms in total. The Bertz CT molecular complexity index is 645. The van der Waals surface area contributed by atoms with Gasteiger partial charge in [-0.05, 0) is 17.9 Å². The van der Waals surface area contributed by atoms with Crippen LogP contribution in [0.2, 0.25) is 0 Å². The van der Waals surface area contributed by atoms with Gasteiger partial charge in [0.1, 0.15) is 6.07 Å². The number of hydrogen-bond donors (Lipinski definition) is 1. The van der Waals surface area contributed by atoms with Gasteiger partial charge in [0.15, 0.2) is 0 Å². The largest absolute Gasteiger partial charge is 0.384 e. The molecule has 0 aliphatic carbocycles. The molecule has 0 fully saturated rings. The third kappa shape index (κ3) is 2.39. The molecule has 0 saturated carbocycles. The van der Waals surface area contributed by atoms with Crippen LogP contribution in [0.1, 0.15) is 38.8 Å². The summed E-state index contributed by atoms with van der Waals surface area (Å²) in [4.78, 5) is 4.50. The molecule has 0 bridgehead atoms. The first-order valence-corrected chi connectivity index (χ1v) is 6.55. The van der Waals surface area contributed by atoms with Gasteiger partial charge in [0.05, 0.1) is 16.8 Å². The summed E-state index contributed by atoms with van der Waals surface area (Å²) in [6.07, 6.45) is 1.66. The van der Waals surface area contributed by atoms with Crippen LogP contribution in [0.3, 0.4) is 0 Å². The molecule has 98 valence electrons. The van der Waals surface area contributed by atoms with E-state index in [0.717, 1.165) is 23.1 Å². The van der Waals surface area contributed by atoms with Crippen LogP contribution in [-0.2, 0) is 5.41 Å². The molecule has 1 aromatic carbocycles. The fourth-order valence-electron chi connectivity index (χ4n) is 2.28. The average Bonchev–Trinajstić information content (AvgIpc) is 2.37. The smallest absolute Gasteiger partial charge is 0.103 e. The minimum Gasteiger partial charge on any atom is -0.384 e.